The van der Waals surface area contributed by atoms with Crippen molar-refractivity contribution in [2.45, 2.75) is 59.5 Å². The fourth-order valence-electron chi connectivity index (χ4n) is 2.33. The summed E-state index contributed by atoms with van der Waals surface area (Å²) in [6.07, 6.45) is 5.90. The van der Waals surface area contributed by atoms with Gasteiger partial charge in [-0.05, 0) is 20.3 Å². The lowest BCUT2D eigenvalue weighted by Gasteiger charge is -2.15. The molecule has 2 aromatic heterocycles. The Labute approximate surface area is 135 Å². The zero-order valence-electron chi connectivity index (χ0n) is 13.7. The number of imidazole rings is 1. The third kappa shape index (κ3) is 3.94. The second kappa shape index (κ2) is 7.54. The van der Waals surface area contributed by atoms with Gasteiger partial charge in [0.05, 0.1) is 11.7 Å². The molecule has 0 unspecified atom stereocenters. The summed E-state index contributed by atoms with van der Waals surface area (Å²) < 4.78 is 2.04. The van der Waals surface area contributed by atoms with Gasteiger partial charge in [-0.2, -0.15) is 0 Å². The molecule has 0 saturated carbocycles. The number of carbonyl (C=O) groups excluding carboxylic acids is 1. The number of aromatic nitrogens is 3. The maximum atomic E-state index is 12.2. The number of amides is 1. The van der Waals surface area contributed by atoms with Crippen molar-refractivity contribution in [1.29, 1.82) is 0 Å². The number of hydrogen-bond donors (Lipinski definition) is 1. The average Bonchev–Trinajstić information content (AvgIpc) is 3.09. The summed E-state index contributed by atoms with van der Waals surface area (Å²) in [5.74, 6) is 1.08. The van der Waals surface area contributed by atoms with E-state index in [4.69, 9.17) is 0 Å². The predicted molar refractivity (Wildman–Crippen MR) is 89.0 cm³/mol. The zero-order chi connectivity index (χ0) is 16.1. The van der Waals surface area contributed by atoms with Crippen LogP contribution >= 0.6 is 11.3 Å². The van der Waals surface area contributed by atoms with Crippen molar-refractivity contribution in [2.75, 3.05) is 0 Å². The first-order valence-corrected chi connectivity index (χ1v) is 8.60. The van der Waals surface area contributed by atoms with Gasteiger partial charge in [0.25, 0.3) is 0 Å². The number of nitrogens with zero attached hydrogens (tertiary/aromatic N) is 3. The molecule has 0 aliphatic rings. The molecular formula is C16H24N4OS. The molecule has 0 aliphatic heterocycles. The van der Waals surface area contributed by atoms with Crippen molar-refractivity contribution in [1.82, 2.24) is 19.9 Å². The van der Waals surface area contributed by atoms with Gasteiger partial charge in [-0.3, -0.25) is 4.79 Å². The highest BCUT2D eigenvalue weighted by Gasteiger charge is 2.17. The molecule has 0 aliphatic carbocycles. The molecule has 0 bridgehead atoms. The highest BCUT2D eigenvalue weighted by atomic mass is 32.1. The van der Waals surface area contributed by atoms with Crippen molar-refractivity contribution in [3.8, 4) is 0 Å². The van der Waals surface area contributed by atoms with E-state index in [1.807, 2.05) is 17.7 Å². The Morgan fingerprint density at radius 1 is 1.41 bits per heavy atom. The first-order valence-electron chi connectivity index (χ1n) is 7.78. The van der Waals surface area contributed by atoms with Crippen LogP contribution in [0.1, 0.15) is 54.1 Å². The van der Waals surface area contributed by atoms with Crippen LogP contribution in [0.25, 0.3) is 0 Å². The molecule has 120 valence electrons. The van der Waals surface area contributed by atoms with Gasteiger partial charge >= 0.3 is 0 Å². The van der Waals surface area contributed by atoms with Crippen LogP contribution in [-0.2, 0) is 17.8 Å². The molecule has 1 amide bonds. The second-order valence-corrected chi connectivity index (χ2v) is 6.60. The number of aryl methyl sites for hydroxylation is 4. The van der Waals surface area contributed by atoms with E-state index in [1.54, 1.807) is 17.5 Å². The lowest BCUT2D eigenvalue weighted by atomic mass is 10.2. The Morgan fingerprint density at radius 3 is 2.77 bits per heavy atom. The van der Waals surface area contributed by atoms with Gasteiger partial charge in [-0.25, -0.2) is 9.97 Å². The summed E-state index contributed by atoms with van der Waals surface area (Å²) in [6, 6.07) is 0.0123. The highest BCUT2D eigenvalue weighted by Crippen LogP contribution is 2.24. The highest BCUT2D eigenvalue weighted by molar-refractivity contribution is 7.11. The lowest BCUT2D eigenvalue weighted by Crippen LogP contribution is -2.29. The van der Waals surface area contributed by atoms with Crippen LogP contribution in [0.5, 0.6) is 0 Å². The van der Waals surface area contributed by atoms with E-state index in [2.05, 4.69) is 36.1 Å². The van der Waals surface area contributed by atoms with Gasteiger partial charge < -0.3 is 9.88 Å². The monoisotopic (exact) mass is 320 g/mol. The van der Waals surface area contributed by atoms with Crippen LogP contribution in [-0.4, -0.2) is 20.4 Å². The summed E-state index contributed by atoms with van der Waals surface area (Å²) in [7, 11) is 0. The van der Waals surface area contributed by atoms with Gasteiger partial charge in [-0.15, -0.1) is 11.3 Å². The molecular weight excluding hydrogens is 296 g/mol. The second-order valence-electron chi connectivity index (χ2n) is 5.36. The summed E-state index contributed by atoms with van der Waals surface area (Å²) in [5, 5.41) is 4.10. The Hall–Kier alpha value is -1.69. The van der Waals surface area contributed by atoms with Crippen LogP contribution in [0.4, 0.5) is 0 Å². The molecule has 0 aromatic carbocycles. The van der Waals surface area contributed by atoms with Crippen LogP contribution < -0.4 is 5.32 Å². The number of thiazole rings is 1. The van der Waals surface area contributed by atoms with Crippen LogP contribution in [0.2, 0.25) is 0 Å². The van der Waals surface area contributed by atoms with E-state index in [9.17, 15) is 4.79 Å². The topological polar surface area (TPSA) is 59.8 Å². The first kappa shape index (κ1) is 16.7. The molecule has 0 fully saturated rings. The van der Waals surface area contributed by atoms with Crippen LogP contribution in [0, 0.1) is 13.8 Å². The number of rotatable bonds is 7. The van der Waals surface area contributed by atoms with Crippen molar-refractivity contribution in [3.63, 3.8) is 0 Å². The van der Waals surface area contributed by atoms with E-state index in [-0.39, 0.29) is 11.9 Å². The SMILES string of the molecule is CCc1nccn1CCC(=O)N[C@@H](CC)c1nc(C)c(C)s1. The average molecular weight is 320 g/mol. The first-order chi connectivity index (χ1) is 10.5. The number of nitrogens with one attached hydrogen (secondary N) is 1. The molecule has 0 radical (unpaired) electrons. The minimum Gasteiger partial charge on any atom is -0.347 e. The molecule has 1 N–H and O–H groups in total. The standard InChI is InChI=1S/C16H24N4OS/c1-5-13(16-18-11(3)12(4)22-16)19-15(21)7-9-20-10-8-17-14(20)6-2/h8,10,13H,5-7,9H2,1-4H3,(H,19,21)/t13-/m0/s1. The minimum absolute atomic E-state index is 0.0123. The molecule has 5 nitrogen and oxygen atoms in total. The van der Waals surface area contributed by atoms with Gasteiger partial charge in [0.15, 0.2) is 0 Å². The van der Waals surface area contributed by atoms with Crippen LogP contribution in [0.3, 0.4) is 0 Å². The summed E-state index contributed by atoms with van der Waals surface area (Å²) in [6.45, 7) is 8.88. The largest absolute Gasteiger partial charge is 0.347 e. The normalized spacial score (nSPS) is 12.4. The minimum atomic E-state index is 0.0123. The van der Waals surface area contributed by atoms with E-state index in [1.165, 1.54) is 4.88 Å². The molecule has 2 rings (SSSR count). The zero-order valence-corrected chi connectivity index (χ0v) is 14.5. The Morgan fingerprint density at radius 2 is 2.18 bits per heavy atom. The fourth-order valence-corrected chi connectivity index (χ4v) is 3.39. The summed E-state index contributed by atoms with van der Waals surface area (Å²) in [5.41, 5.74) is 1.05. The van der Waals surface area contributed by atoms with E-state index >= 15 is 0 Å². The molecule has 2 aromatic rings. The third-order valence-electron chi connectivity index (χ3n) is 3.78. The van der Waals surface area contributed by atoms with Crippen molar-refractivity contribution >= 4 is 17.2 Å². The van der Waals surface area contributed by atoms with Crippen molar-refractivity contribution in [3.05, 3.63) is 33.8 Å². The van der Waals surface area contributed by atoms with Gasteiger partial charge in [0.1, 0.15) is 10.8 Å². The molecule has 0 saturated heterocycles. The number of carbonyl (C=O) groups is 1. The molecule has 2 heterocycles. The smallest absolute Gasteiger partial charge is 0.222 e. The predicted octanol–water partition coefficient (Wildman–Crippen LogP) is 3.18. The number of hydrogen-bond acceptors (Lipinski definition) is 4. The summed E-state index contributed by atoms with van der Waals surface area (Å²) >= 11 is 1.67. The van der Waals surface area contributed by atoms with Gasteiger partial charge in [0, 0.05) is 36.7 Å². The molecule has 6 heteroatoms. The quantitative estimate of drug-likeness (QED) is 0.852. The fraction of sp³-hybridized carbons (Fsp3) is 0.562. The molecule has 1 atom stereocenters. The van der Waals surface area contributed by atoms with E-state index < -0.39 is 0 Å². The lowest BCUT2D eigenvalue weighted by molar-refractivity contribution is -0.122. The summed E-state index contributed by atoms with van der Waals surface area (Å²) in [4.78, 5) is 22.3. The van der Waals surface area contributed by atoms with E-state index in [0.717, 1.165) is 29.4 Å². The Bertz CT molecular complexity index is 612. The van der Waals surface area contributed by atoms with Crippen molar-refractivity contribution < 1.29 is 4.79 Å². The molecule has 0 spiro atoms. The maximum Gasteiger partial charge on any atom is 0.222 e. The third-order valence-corrected chi connectivity index (χ3v) is 4.97. The Balaban J connectivity index is 1.92. The van der Waals surface area contributed by atoms with E-state index in [0.29, 0.717) is 13.0 Å². The van der Waals surface area contributed by atoms with Gasteiger partial charge in [-0.1, -0.05) is 13.8 Å². The van der Waals surface area contributed by atoms with Crippen molar-refractivity contribution in [2.24, 2.45) is 0 Å². The maximum absolute atomic E-state index is 12.2. The van der Waals surface area contributed by atoms with Gasteiger partial charge in [0.2, 0.25) is 5.91 Å². The molecule has 22 heavy (non-hydrogen) atoms. The van der Waals surface area contributed by atoms with Crippen LogP contribution in [0.15, 0.2) is 12.4 Å². The Kier molecular flexibility index (Phi) is 5.71.